The number of hydrogen-bond acceptors (Lipinski definition) is 0. The number of aromatic nitrogens is 4. The van der Waals surface area contributed by atoms with Crippen molar-refractivity contribution in [2.24, 2.45) is 0 Å². The molecule has 38 heavy (non-hydrogen) atoms. The van der Waals surface area contributed by atoms with E-state index in [1.54, 1.807) is 0 Å². The predicted molar refractivity (Wildman–Crippen MR) is 155 cm³/mol. The fourth-order valence-corrected chi connectivity index (χ4v) is 7.14. The molecule has 4 aromatic heterocycles. The van der Waals surface area contributed by atoms with Gasteiger partial charge in [-0.25, -0.2) is 13.5 Å². The molecule has 4 nitrogen and oxygen atoms in total. The standard InChI is InChI=1S/C34H21N4/c1-2-5-24(6-3-1)38-28-16-14-22-10-12-23-11-9-21-13-15-27-25-19-31-35(27)17-18-36(31)29-7-4-8-30(38)37(29)20-26(28)33(22)34(23)32(21)25/h1-19H,20H2/q+1. The van der Waals surface area contributed by atoms with Crippen molar-refractivity contribution in [1.82, 2.24) is 13.4 Å². The molecule has 0 radical (unpaired) electrons. The van der Waals surface area contributed by atoms with E-state index in [0.717, 1.165) is 6.54 Å². The van der Waals surface area contributed by atoms with Gasteiger partial charge in [-0.3, -0.25) is 4.40 Å². The Bertz CT molecular complexity index is 2470. The highest BCUT2D eigenvalue weighted by molar-refractivity contribution is 6.29. The summed E-state index contributed by atoms with van der Waals surface area (Å²) in [6.07, 6.45) is 4.41. The van der Waals surface area contributed by atoms with Gasteiger partial charge in [0.1, 0.15) is 17.7 Å². The first-order valence-corrected chi connectivity index (χ1v) is 13.2. The number of imidazole rings is 1. The molecule has 0 N–H and O–H groups in total. The van der Waals surface area contributed by atoms with Crippen LogP contribution in [0, 0.1) is 0 Å². The summed E-state index contributed by atoms with van der Waals surface area (Å²) in [5.74, 6) is 0. The minimum Gasteiger partial charge on any atom is -0.287 e. The molecule has 0 saturated carbocycles. The van der Waals surface area contributed by atoms with Crippen LogP contribution in [0.25, 0.3) is 71.4 Å². The second-order valence-corrected chi connectivity index (χ2v) is 10.5. The molecule has 0 spiro atoms. The van der Waals surface area contributed by atoms with Crippen molar-refractivity contribution in [2.75, 3.05) is 0 Å². The molecular weight excluding hydrogens is 464 g/mol. The summed E-state index contributed by atoms with van der Waals surface area (Å²) in [5, 5.41) is 9.25. The van der Waals surface area contributed by atoms with Crippen LogP contribution in [0.4, 0.5) is 0 Å². The molecule has 12 bridgehead atoms. The molecule has 0 aliphatic carbocycles. The van der Waals surface area contributed by atoms with Gasteiger partial charge in [0, 0.05) is 40.7 Å². The van der Waals surface area contributed by atoms with Gasteiger partial charge in [0.25, 0.3) is 0 Å². The average molecular weight is 486 g/mol. The Hall–Kier alpha value is -5.09. The van der Waals surface area contributed by atoms with E-state index in [1.165, 1.54) is 76.9 Å². The molecule has 4 heteroatoms. The molecule has 9 aromatic rings. The molecule has 10 rings (SSSR count). The number of benzene rings is 5. The summed E-state index contributed by atoms with van der Waals surface area (Å²) in [4.78, 5) is 0. The van der Waals surface area contributed by atoms with E-state index in [1.807, 2.05) is 0 Å². The van der Waals surface area contributed by atoms with Gasteiger partial charge < -0.3 is 0 Å². The normalized spacial score (nSPS) is 13.2. The topological polar surface area (TPSA) is 17.6 Å². The van der Waals surface area contributed by atoms with Gasteiger partial charge >= 0.3 is 0 Å². The van der Waals surface area contributed by atoms with Gasteiger partial charge in [-0.15, -0.1) is 0 Å². The minimum atomic E-state index is 0.809. The monoisotopic (exact) mass is 485 g/mol. The van der Waals surface area contributed by atoms with Crippen molar-refractivity contribution in [3.63, 3.8) is 0 Å². The fourth-order valence-electron chi connectivity index (χ4n) is 7.14. The maximum absolute atomic E-state index is 2.48. The lowest BCUT2D eigenvalue weighted by Gasteiger charge is -2.21. The SMILES string of the molecule is c1ccc(-n2c3ccc4ccc5ccc6ccc7c8cc9n7ccn9c7cccc2[n+]7Cc3c4c5c68)cc1. The molecular formula is C34H21N4+. The quantitative estimate of drug-likeness (QED) is 0.170. The first kappa shape index (κ1) is 19.1. The number of fused-ring (bicyclic) bond motifs is 1. The van der Waals surface area contributed by atoms with Gasteiger partial charge in [-0.05, 0) is 57.3 Å². The van der Waals surface area contributed by atoms with E-state index >= 15 is 0 Å². The highest BCUT2D eigenvalue weighted by Crippen LogP contribution is 2.41. The summed E-state index contributed by atoms with van der Waals surface area (Å²) in [5.41, 5.74) is 8.56. The van der Waals surface area contributed by atoms with Crippen molar-refractivity contribution >= 4 is 65.7 Å². The average Bonchev–Trinajstić information content (AvgIpc) is 3.54. The van der Waals surface area contributed by atoms with Gasteiger partial charge in [0.2, 0.25) is 11.3 Å². The van der Waals surface area contributed by atoms with Crippen LogP contribution in [0.5, 0.6) is 0 Å². The van der Waals surface area contributed by atoms with Crippen LogP contribution >= 0.6 is 0 Å². The van der Waals surface area contributed by atoms with E-state index < -0.39 is 0 Å². The molecule has 1 aliphatic heterocycles. The molecule has 0 fully saturated rings. The van der Waals surface area contributed by atoms with Crippen LogP contribution in [-0.2, 0) is 6.54 Å². The van der Waals surface area contributed by atoms with Crippen LogP contribution in [0.2, 0.25) is 0 Å². The van der Waals surface area contributed by atoms with Crippen molar-refractivity contribution in [1.29, 1.82) is 0 Å². The van der Waals surface area contributed by atoms with Crippen LogP contribution in [0.3, 0.4) is 0 Å². The molecule has 0 saturated heterocycles. The lowest BCUT2D eigenvalue weighted by Crippen LogP contribution is -2.41. The van der Waals surface area contributed by atoms with Crippen LogP contribution in [-0.4, -0.2) is 13.4 Å². The maximum atomic E-state index is 2.48. The Morgan fingerprint density at radius 3 is 2.08 bits per heavy atom. The van der Waals surface area contributed by atoms with Gasteiger partial charge in [-0.1, -0.05) is 54.6 Å². The van der Waals surface area contributed by atoms with E-state index in [4.69, 9.17) is 0 Å². The second-order valence-electron chi connectivity index (χ2n) is 10.5. The largest absolute Gasteiger partial charge is 0.287 e. The van der Waals surface area contributed by atoms with Crippen LogP contribution < -0.4 is 4.57 Å². The molecule has 5 heterocycles. The molecule has 0 atom stereocenters. The molecule has 1 aliphatic rings. The first-order chi connectivity index (χ1) is 18.8. The van der Waals surface area contributed by atoms with Crippen molar-refractivity contribution in [2.45, 2.75) is 6.54 Å². The highest BCUT2D eigenvalue weighted by atomic mass is 15.2. The minimum absolute atomic E-state index is 0.809. The molecule has 176 valence electrons. The molecule has 0 amide bonds. The summed E-state index contributed by atoms with van der Waals surface area (Å²) >= 11 is 0. The Morgan fingerprint density at radius 1 is 0.553 bits per heavy atom. The molecule has 0 unspecified atom stereocenters. The Kier molecular flexibility index (Phi) is 3.22. The summed E-state index contributed by atoms with van der Waals surface area (Å²) in [6, 6.07) is 38.2. The van der Waals surface area contributed by atoms with Crippen molar-refractivity contribution in [3.05, 3.63) is 121 Å². The lowest BCUT2D eigenvalue weighted by atomic mass is 9.91. The van der Waals surface area contributed by atoms with E-state index in [0.29, 0.717) is 0 Å². The van der Waals surface area contributed by atoms with Gasteiger partial charge in [0.15, 0.2) is 5.65 Å². The smallest absolute Gasteiger partial charge is 0.234 e. The van der Waals surface area contributed by atoms with Gasteiger partial charge in [-0.2, -0.15) is 0 Å². The number of para-hydroxylation sites is 1. The number of nitrogens with zero attached hydrogens (tertiary/aromatic N) is 4. The fraction of sp³-hybridized carbons (Fsp3) is 0.0294. The zero-order valence-electron chi connectivity index (χ0n) is 20.5. The lowest BCUT2D eigenvalue weighted by molar-refractivity contribution is -0.643. The zero-order valence-corrected chi connectivity index (χ0v) is 20.5. The number of hydrogen-bond donors (Lipinski definition) is 0. The number of pyridine rings is 1. The summed E-state index contributed by atoms with van der Waals surface area (Å²) < 4.78 is 9.60. The maximum Gasteiger partial charge on any atom is 0.234 e. The zero-order chi connectivity index (χ0) is 24.5. The Labute approximate surface area is 216 Å². The number of rotatable bonds is 1. The van der Waals surface area contributed by atoms with Crippen molar-refractivity contribution in [3.8, 4) is 5.69 Å². The van der Waals surface area contributed by atoms with Crippen LogP contribution in [0.15, 0.2) is 116 Å². The van der Waals surface area contributed by atoms with Gasteiger partial charge in [0.05, 0.1) is 11.7 Å². The van der Waals surface area contributed by atoms with E-state index in [9.17, 15) is 0 Å². The third kappa shape index (κ3) is 2.13. The van der Waals surface area contributed by atoms with E-state index in [2.05, 4.69) is 133 Å². The summed E-state index contributed by atoms with van der Waals surface area (Å²) in [7, 11) is 0. The Balaban J connectivity index is 1.64. The summed E-state index contributed by atoms with van der Waals surface area (Å²) in [6.45, 7) is 0.809. The van der Waals surface area contributed by atoms with Crippen LogP contribution in [0.1, 0.15) is 5.56 Å². The third-order valence-electron chi connectivity index (χ3n) is 8.73. The Morgan fingerprint density at radius 2 is 1.24 bits per heavy atom. The first-order valence-electron chi connectivity index (χ1n) is 13.2. The molecule has 5 aromatic carbocycles. The highest BCUT2D eigenvalue weighted by Gasteiger charge is 2.26. The van der Waals surface area contributed by atoms with E-state index in [-0.39, 0.29) is 0 Å². The predicted octanol–water partition coefficient (Wildman–Crippen LogP) is 7.40. The second kappa shape index (κ2) is 6.42. The third-order valence-corrected chi connectivity index (χ3v) is 8.73. The van der Waals surface area contributed by atoms with Crippen molar-refractivity contribution < 1.29 is 4.57 Å².